The third-order valence-electron chi connectivity index (χ3n) is 1.71. The molecule has 13 heavy (non-hydrogen) atoms. The van der Waals surface area contributed by atoms with Crippen LogP contribution in [0.15, 0.2) is 30.3 Å². The number of carbonyl (C=O) groups is 1. The molecule has 1 aromatic rings. The predicted molar refractivity (Wildman–Crippen MR) is 54.9 cm³/mol. The van der Waals surface area contributed by atoms with Crippen molar-refractivity contribution >= 4 is 21.9 Å². The lowest BCUT2D eigenvalue weighted by Gasteiger charge is -2.06. The fraction of sp³-hybridized carbons (Fsp3) is 0.300. The Morgan fingerprint density at radius 2 is 2.08 bits per heavy atom. The van der Waals surface area contributed by atoms with Crippen LogP contribution in [0.1, 0.15) is 5.56 Å². The summed E-state index contributed by atoms with van der Waals surface area (Å²) in [4.78, 5) is 10.8. The van der Waals surface area contributed by atoms with E-state index < -0.39 is 0 Å². The highest BCUT2D eigenvalue weighted by atomic mass is 79.9. The highest BCUT2D eigenvalue weighted by molar-refractivity contribution is 9.10. The molecule has 0 aromatic heterocycles. The maximum atomic E-state index is 11.0. The third kappa shape index (κ3) is 3.19. The Hall–Kier alpha value is -0.830. The highest BCUT2D eigenvalue weighted by Crippen LogP contribution is 2.10. The second kappa shape index (κ2) is 5.02. The van der Waals surface area contributed by atoms with Crippen LogP contribution in [0.2, 0.25) is 0 Å². The van der Waals surface area contributed by atoms with Gasteiger partial charge >= 0.3 is 5.97 Å². The summed E-state index contributed by atoms with van der Waals surface area (Å²) < 4.78 is 4.60. The van der Waals surface area contributed by atoms with Crippen LogP contribution >= 0.6 is 15.9 Å². The van der Waals surface area contributed by atoms with Crippen molar-refractivity contribution in [2.45, 2.75) is 11.2 Å². The van der Waals surface area contributed by atoms with E-state index in [2.05, 4.69) is 20.7 Å². The first-order valence-electron chi connectivity index (χ1n) is 4.00. The molecular formula is C10H11BrO2. The van der Waals surface area contributed by atoms with Crippen molar-refractivity contribution < 1.29 is 9.53 Å². The molecule has 70 valence electrons. The van der Waals surface area contributed by atoms with Crippen LogP contribution < -0.4 is 0 Å². The summed E-state index contributed by atoms with van der Waals surface area (Å²) in [5.41, 5.74) is 1.12. The van der Waals surface area contributed by atoms with Crippen molar-refractivity contribution in [3.8, 4) is 0 Å². The molecule has 0 amide bonds. The van der Waals surface area contributed by atoms with Gasteiger partial charge < -0.3 is 4.74 Å². The van der Waals surface area contributed by atoms with Gasteiger partial charge in [-0.3, -0.25) is 4.79 Å². The second-order valence-electron chi connectivity index (χ2n) is 2.68. The molecule has 3 heteroatoms. The Kier molecular flexibility index (Phi) is 3.96. The number of carbonyl (C=O) groups excluding carboxylic acids is 1. The number of rotatable bonds is 3. The van der Waals surface area contributed by atoms with Crippen LogP contribution in [-0.2, 0) is 16.0 Å². The quantitative estimate of drug-likeness (QED) is 0.600. The van der Waals surface area contributed by atoms with Gasteiger partial charge in [0.25, 0.3) is 0 Å². The average Bonchev–Trinajstić information content (AvgIpc) is 2.18. The molecule has 1 aromatic carbocycles. The predicted octanol–water partition coefficient (Wildman–Crippen LogP) is 2.17. The van der Waals surface area contributed by atoms with E-state index in [1.807, 2.05) is 30.3 Å². The molecular weight excluding hydrogens is 232 g/mol. The molecule has 0 radical (unpaired) electrons. The normalized spacial score (nSPS) is 12.2. The molecule has 0 saturated heterocycles. The standard InChI is InChI=1S/C10H11BrO2/c1-13-10(12)9(11)7-8-5-3-2-4-6-8/h2-6,9H,7H2,1H3. The number of esters is 1. The minimum atomic E-state index is -0.250. The van der Waals surface area contributed by atoms with E-state index in [0.717, 1.165) is 5.56 Å². The molecule has 0 aliphatic carbocycles. The van der Waals surface area contributed by atoms with Crippen LogP contribution in [0.25, 0.3) is 0 Å². The fourth-order valence-electron chi connectivity index (χ4n) is 1.03. The Labute approximate surface area is 86.0 Å². The van der Waals surface area contributed by atoms with E-state index in [0.29, 0.717) is 6.42 Å². The van der Waals surface area contributed by atoms with Gasteiger partial charge in [-0.05, 0) is 12.0 Å². The molecule has 0 fully saturated rings. The van der Waals surface area contributed by atoms with Crippen molar-refractivity contribution in [1.29, 1.82) is 0 Å². The first-order valence-corrected chi connectivity index (χ1v) is 4.91. The van der Waals surface area contributed by atoms with Gasteiger partial charge in [-0.1, -0.05) is 46.3 Å². The maximum Gasteiger partial charge on any atom is 0.319 e. The zero-order valence-corrected chi connectivity index (χ0v) is 8.95. The van der Waals surface area contributed by atoms with Crippen molar-refractivity contribution in [1.82, 2.24) is 0 Å². The minimum absolute atomic E-state index is 0.233. The van der Waals surface area contributed by atoms with Gasteiger partial charge in [0.1, 0.15) is 4.83 Å². The summed E-state index contributed by atoms with van der Waals surface area (Å²) in [5.74, 6) is -0.233. The van der Waals surface area contributed by atoms with E-state index in [1.54, 1.807) is 0 Å². The summed E-state index contributed by atoms with van der Waals surface area (Å²) in [6, 6.07) is 9.82. The average molecular weight is 243 g/mol. The first-order chi connectivity index (χ1) is 6.24. The molecule has 1 rings (SSSR count). The number of halogens is 1. The molecule has 0 saturated carbocycles. The van der Waals surface area contributed by atoms with Crippen molar-refractivity contribution in [3.63, 3.8) is 0 Å². The van der Waals surface area contributed by atoms with Crippen LogP contribution in [0.4, 0.5) is 0 Å². The molecule has 1 unspecified atom stereocenters. The minimum Gasteiger partial charge on any atom is -0.468 e. The molecule has 0 spiro atoms. The van der Waals surface area contributed by atoms with Crippen molar-refractivity contribution in [3.05, 3.63) is 35.9 Å². The van der Waals surface area contributed by atoms with Crippen molar-refractivity contribution in [2.75, 3.05) is 7.11 Å². The lowest BCUT2D eigenvalue weighted by Crippen LogP contribution is -2.17. The summed E-state index contributed by atoms with van der Waals surface area (Å²) in [7, 11) is 1.39. The summed E-state index contributed by atoms with van der Waals surface area (Å²) in [5, 5.41) is 0. The maximum absolute atomic E-state index is 11.0. The van der Waals surface area contributed by atoms with Gasteiger partial charge in [0.05, 0.1) is 7.11 Å². The Morgan fingerprint density at radius 3 is 2.62 bits per heavy atom. The third-order valence-corrected chi connectivity index (χ3v) is 2.41. The van der Waals surface area contributed by atoms with E-state index in [4.69, 9.17) is 0 Å². The van der Waals surface area contributed by atoms with E-state index in [-0.39, 0.29) is 10.8 Å². The SMILES string of the molecule is COC(=O)C(Br)Cc1ccccc1. The van der Waals surface area contributed by atoms with Gasteiger partial charge in [0.15, 0.2) is 0 Å². The van der Waals surface area contributed by atoms with Gasteiger partial charge in [-0.2, -0.15) is 0 Å². The Bertz CT molecular complexity index is 272. The second-order valence-corrected chi connectivity index (χ2v) is 3.79. The molecule has 2 nitrogen and oxygen atoms in total. The van der Waals surface area contributed by atoms with Crippen LogP contribution in [0, 0.1) is 0 Å². The number of alkyl halides is 1. The van der Waals surface area contributed by atoms with Gasteiger partial charge in [0, 0.05) is 0 Å². The van der Waals surface area contributed by atoms with Crippen LogP contribution in [-0.4, -0.2) is 17.9 Å². The lowest BCUT2D eigenvalue weighted by atomic mass is 10.1. The van der Waals surface area contributed by atoms with Gasteiger partial charge in [0.2, 0.25) is 0 Å². The zero-order chi connectivity index (χ0) is 9.68. The summed E-state index contributed by atoms with van der Waals surface area (Å²) in [6.45, 7) is 0. The number of ether oxygens (including phenoxy) is 1. The molecule has 0 aliphatic heterocycles. The summed E-state index contributed by atoms with van der Waals surface area (Å²) in [6.07, 6.45) is 0.660. The molecule has 0 aliphatic rings. The van der Waals surface area contributed by atoms with E-state index in [1.165, 1.54) is 7.11 Å². The zero-order valence-electron chi connectivity index (χ0n) is 7.37. The number of benzene rings is 1. The lowest BCUT2D eigenvalue weighted by molar-refractivity contribution is -0.139. The molecule has 0 N–H and O–H groups in total. The molecule has 1 atom stereocenters. The summed E-state index contributed by atoms with van der Waals surface area (Å²) >= 11 is 3.27. The first kappa shape index (κ1) is 10.3. The van der Waals surface area contributed by atoms with Crippen LogP contribution in [0.5, 0.6) is 0 Å². The van der Waals surface area contributed by atoms with Gasteiger partial charge in [-0.15, -0.1) is 0 Å². The largest absolute Gasteiger partial charge is 0.468 e. The fourth-order valence-corrected chi connectivity index (χ4v) is 1.59. The van der Waals surface area contributed by atoms with Gasteiger partial charge in [-0.25, -0.2) is 0 Å². The van der Waals surface area contributed by atoms with E-state index >= 15 is 0 Å². The van der Waals surface area contributed by atoms with E-state index in [9.17, 15) is 4.79 Å². The van der Waals surface area contributed by atoms with Crippen LogP contribution in [0.3, 0.4) is 0 Å². The Balaban J connectivity index is 2.55. The molecule has 0 heterocycles. The Morgan fingerprint density at radius 1 is 1.46 bits per heavy atom. The number of hydrogen-bond donors (Lipinski definition) is 0. The smallest absolute Gasteiger partial charge is 0.319 e. The number of methoxy groups -OCH3 is 1. The monoisotopic (exact) mass is 242 g/mol. The highest BCUT2D eigenvalue weighted by Gasteiger charge is 2.14. The number of hydrogen-bond acceptors (Lipinski definition) is 2. The molecule has 0 bridgehead atoms. The van der Waals surface area contributed by atoms with Crippen molar-refractivity contribution in [2.24, 2.45) is 0 Å². The topological polar surface area (TPSA) is 26.3 Å².